The molecule has 1 atom stereocenters. The molecule has 2 aromatic rings. The van der Waals surface area contributed by atoms with Crippen molar-refractivity contribution in [3.8, 4) is 0 Å². The summed E-state index contributed by atoms with van der Waals surface area (Å²) in [6, 6.07) is 6.39. The Bertz CT molecular complexity index is 605. The lowest BCUT2D eigenvalue weighted by Gasteiger charge is -2.34. The zero-order valence-corrected chi connectivity index (χ0v) is 14.9. The second-order valence-corrected chi connectivity index (χ2v) is 7.28. The third-order valence-corrected chi connectivity index (χ3v) is 5.17. The van der Waals surface area contributed by atoms with Gasteiger partial charge in [-0.3, -0.25) is 14.4 Å². The Morgan fingerprint density at radius 3 is 2.83 bits per heavy atom. The quantitative estimate of drug-likeness (QED) is 0.819. The number of nitrogens with one attached hydrogen (secondary N) is 1. The second kappa shape index (κ2) is 8.41. The number of carbonyl (C=O) groups excluding carboxylic acids is 1. The van der Waals surface area contributed by atoms with Crippen molar-refractivity contribution >= 4 is 17.2 Å². The van der Waals surface area contributed by atoms with Crippen molar-refractivity contribution in [3.05, 3.63) is 40.8 Å². The Labute approximate surface area is 147 Å². The van der Waals surface area contributed by atoms with E-state index in [0.717, 1.165) is 39.3 Å². The van der Waals surface area contributed by atoms with Crippen LogP contribution in [-0.4, -0.2) is 64.3 Å². The summed E-state index contributed by atoms with van der Waals surface area (Å²) in [5.74, 6) is 0.193. The highest BCUT2D eigenvalue weighted by molar-refractivity contribution is 7.09. The zero-order chi connectivity index (χ0) is 16.8. The Kier molecular flexibility index (Phi) is 6.01. The molecule has 2 aromatic heterocycles. The van der Waals surface area contributed by atoms with Gasteiger partial charge in [0.25, 0.3) is 0 Å². The largest absolute Gasteiger partial charge is 0.339 e. The third kappa shape index (κ3) is 4.90. The van der Waals surface area contributed by atoms with E-state index in [0.29, 0.717) is 6.54 Å². The van der Waals surface area contributed by atoms with Gasteiger partial charge in [-0.2, -0.15) is 5.10 Å². The summed E-state index contributed by atoms with van der Waals surface area (Å²) in [7, 11) is 0. The average molecular weight is 347 g/mol. The molecular formula is C17H25N5OS. The van der Waals surface area contributed by atoms with E-state index in [1.54, 1.807) is 17.5 Å². The van der Waals surface area contributed by atoms with Crippen LogP contribution >= 0.6 is 11.3 Å². The highest BCUT2D eigenvalue weighted by Crippen LogP contribution is 2.13. The smallest absolute Gasteiger partial charge is 0.236 e. The minimum atomic E-state index is 0.193. The van der Waals surface area contributed by atoms with Gasteiger partial charge in [-0.15, -0.1) is 11.3 Å². The second-order valence-electron chi connectivity index (χ2n) is 6.25. The fourth-order valence-electron chi connectivity index (χ4n) is 2.91. The number of amides is 1. The highest BCUT2D eigenvalue weighted by atomic mass is 32.1. The molecule has 0 radical (unpaired) electrons. The molecule has 7 heteroatoms. The molecule has 130 valence electrons. The number of nitrogens with zero attached hydrogens (tertiary/aromatic N) is 4. The predicted octanol–water partition coefficient (Wildman–Crippen LogP) is 1.27. The van der Waals surface area contributed by atoms with Gasteiger partial charge in [-0.05, 0) is 24.4 Å². The molecule has 0 spiro atoms. The van der Waals surface area contributed by atoms with E-state index in [2.05, 4.69) is 39.8 Å². The van der Waals surface area contributed by atoms with E-state index in [9.17, 15) is 4.79 Å². The number of thiophene rings is 1. The van der Waals surface area contributed by atoms with E-state index in [1.165, 1.54) is 4.88 Å². The molecular weight excluding hydrogens is 322 g/mol. The molecule has 3 heterocycles. The van der Waals surface area contributed by atoms with Gasteiger partial charge in [0.1, 0.15) is 0 Å². The topological polar surface area (TPSA) is 53.4 Å². The van der Waals surface area contributed by atoms with Crippen molar-refractivity contribution in [3.63, 3.8) is 0 Å². The van der Waals surface area contributed by atoms with Gasteiger partial charge in [0, 0.05) is 56.0 Å². The fourth-order valence-corrected chi connectivity index (χ4v) is 3.65. The van der Waals surface area contributed by atoms with Crippen molar-refractivity contribution < 1.29 is 4.79 Å². The van der Waals surface area contributed by atoms with Crippen molar-refractivity contribution in [2.45, 2.75) is 26.1 Å². The zero-order valence-electron chi connectivity index (χ0n) is 14.1. The summed E-state index contributed by atoms with van der Waals surface area (Å²) in [4.78, 5) is 18.1. The highest BCUT2D eigenvalue weighted by Gasteiger charge is 2.21. The molecule has 1 amide bonds. The van der Waals surface area contributed by atoms with Crippen LogP contribution in [0.3, 0.4) is 0 Å². The van der Waals surface area contributed by atoms with Gasteiger partial charge in [-0.25, -0.2) is 0 Å². The molecule has 3 rings (SSSR count). The van der Waals surface area contributed by atoms with E-state index < -0.39 is 0 Å². The van der Waals surface area contributed by atoms with Crippen LogP contribution in [0.4, 0.5) is 0 Å². The first-order valence-electron chi connectivity index (χ1n) is 8.44. The van der Waals surface area contributed by atoms with E-state index in [-0.39, 0.29) is 11.9 Å². The molecule has 1 saturated heterocycles. The molecule has 6 nitrogen and oxygen atoms in total. The first-order valence-corrected chi connectivity index (χ1v) is 9.32. The van der Waals surface area contributed by atoms with Crippen LogP contribution in [0.2, 0.25) is 0 Å². The van der Waals surface area contributed by atoms with Crippen LogP contribution < -0.4 is 5.32 Å². The number of carbonyl (C=O) groups is 1. The van der Waals surface area contributed by atoms with Gasteiger partial charge in [0.2, 0.25) is 5.91 Å². The van der Waals surface area contributed by atoms with Crippen molar-refractivity contribution in [2.75, 3.05) is 32.7 Å². The van der Waals surface area contributed by atoms with Crippen molar-refractivity contribution in [1.82, 2.24) is 24.9 Å². The van der Waals surface area contributed by atoms with E-state index >= 15 is 0 Å². The lowest BCUT2D eigenvalue weighted by Crippen LogP contribution is -2.51. The Morgan fingerprint density at radius 2 is 2.17 bits per heavy atom. The van der Waals surface area contributed by atoms with Crippen LogP contribution in [0.25, 0.3) is 0 Å². The molecule has 0 bridgehead atoms. The Hall–Kier alpha value is -1.70. The van der Waals surface area contributed by atoms with Crippen LogP contribution in [0, 0.1) is 0 Å². The summed E-state index contributed by atoms with van der Waals surface area (Å²) in [6.45, 7) is 7.78. The minimum absolute atomic E-state index is 0.193. The van der Waals surface area contributed by atoms with Crippen molar-refractivity contribution in [2.24, 2.45) is 0 Å². The average Bonchev–Trinajstić information content (AvgIpc) is 3.27. The first kappa shape index (κ1) is 17.1. The number of piperazine rings is 1. The minimum Gasteiger partial charge on any atom is -0.339 e. The maximum Gasteiger partial charge on any atom is 0.236 e. The SMILES string of the molecule is C[C@@H](Cn1cccn1)NCC(=O)N1CCN(Cc2cccs2)CC1. The summed E-state index contributed by atoms with van der Waals surface area (Å²) in [5, 5.41) is 9.61. The monoisotopic (exact) mass is 347 g/mol. The van der Waals surface area contributed by atoms with E-state index in [1.807, 2.05) is 21.8 Å². The molecule has 0 aromatic carbocycles. The lowest BCUT2D eigenvalue weighted by atomic mass is 10.3. The van der Waals surface area contributed by atoms with Gasteiger partial charge >= 0.3 is 0 Å². The fraction of sp³-hybridized carbons (Fsp3) is 0.529. The molecule has 1 aliphatic heterocycles. The molecule has 0 aliphatic carbocycles. The Balaban J connectivity index is 1.35. The van der Waals surface area contributed by atoms with Gasteiger partial charge < -0.3 is 10.2 Å². The van der Waals surface area contributed by atoms with Crippen molar-refractivity contribution in [1.29, 1.82) is 0 Å². The van der Waals surface area contributed by atoms with Crippen LogP contribution in [-0.2, 0) is 17.9 Å². The summed E-state index contributed by atoms with van der Waals surface area (Å²) < 4.78 is 1.88. The first-order chi connectivity index (χ1) is 11.7. The molecule has 0 saturated carbocycles. The Morgan fingerprint density at radius 1 is 1.33 bits per heavy atom. The number of hydrogen-bond acceptors (Lipinski definition) is 5. The third-order valence-electron chi connectivity index (χ3n) is 4.31. The number of rotatable bonds is 7. The maximum atomic E-state index is 12.4. The van der Waals surface area contributed by atoms with Gasteiger partial charge in [0.05, 0.1) is 13.1 Å². The van der Waals surface area contributed by atoms with E-state index in [4.69, 9.17) is 0 Å². The van der Waals surface area contributed by atoms with Crippen LogP contribution in [0.5, 0.6) is 0 Å². The molecule has 24 heavy (non-hydrogen) atoms. The molecule has 1 N–H and O–H groups in total. The molecule has 1 aliphatic rings. The normalized spacial score (nSPS) is 17.1. The van der Waals surface area contributed by atoms with Crippen LogP contribution in [0.1, 0.15) is 11.8 Å². The predicted molar refractivity (Wildman–Crippen MR) is 95.9 cm³/mol. The lowest BCUT2D eigenvalue weighted by molar-refractivity contribution is -0.132. The summed E-state index contributed by atoms with van der Waals surface area (Å²) >= 11 is 1.80. The summed E-state index contributed by atoms with van der Waals surface area (Å²) in [5.41, 5.74) is 0. The number of aromatic nitrogens is 2. The van der Waals surface area contributed by atoms with Gasteiger partial charge in [-0.1, -0.05) is 6.07 Å². The van der Waals surface area contributed by atoms with Crippen LogP contribution in [0.15, 0.2) is 36.0 Å². The summed E-state index contributed by atoms with van der Waals surface area (Å²) in [6.07, 6.45) is 3.71. The maximum absolute atomic E-state index is 12.4. The molecule has 0 unspecified atom stereocenters. The standard InChI is InChI=1S/C17H25N5OS/c1-15(13-22-6-3-5-19-22)18-12-17(23)21-9-7-20(8-10-21)14-16-4-2-11-24-16/h2-6,11,15,18H,7-10,12-14H2,1H3/t15-/m0/s1. The van der Waals surface area contributed by atoms with Gasteiger partial charge in [0.15, 0.2) is 0 Å². The number of hydrogen-bond donors (Lipinski definition) is 1. The molecule has 1 fully saturated rings.